The van der Waals surface area contributed by atoms with Crippen LogP contribution in [0.2, 0.25) is 0 Å². The summed E-state index contributed by atoms with van der Waals surface area (Å²) in [6.07, 6.45) is 1.09. The van der Waals surface area contributed by atoms with Crippen LogP contribution in [0.3, 0.4) is 0 Å². The van der Waals surface area contributed by atoms with Crippen LogP contribution in [0.15, 0.2) is 48.5 Å². The largest absolute Gasteiger partial charge is 0.372 e. The van der Waals surface area contributed by atoms with Crippen molar-refractivity contribution in [2.24, 2.45) is 17.8 Å². The molecule has 4 heteroatoms. The van der Waals surface area contributed by atoms with Gasteiger partial charge in [-0.15, -0.1) is 0 Å². The summed E-state index contributed by atoms with van der Waals surface area (Å²) in [6.45, 7) is 11.6. The van der Waals surface area contributed by atoms with E-state index in [1.165, 1.54) is 16.8 Å². The second-order valence-electron chi connectivity index (χ2n) is 8.43. The molecule has 1 aliphatic carbocycles. The summed E-state index contributed by atoms with van der Waals surface area (Å²) in [5, 5.41) is 3.14. The van der Waals surface area contributed by atoms with E-state index in [0.29, 0.717) is 11.8 Å². The summed E-state index contributed by atoms with van der Waals surface area (Å²) in [5.74, 6) is 1.44. The first-order chi connectivity index (χ1) is 14.1. The number of hydrogen-bond donors (Lipinski definition) is 1. The van der Waals surface area contributed by atoms with Gasteiger partial charge in [0.05, 0.1) is 0 Å². The first-order valence-electron chi connectivity index (χ1n) is 11.1. The molecule has 1 saturated carbocycles. The van der Waals surface area contributed by atoms with Gasteiger partial charge >= 0.3 is 0 Å². The molecule has 2 aliphatic rings. The highest BCUT2D eigenvalue weighted by Crippen LogP contribution is 2.52. The number of nitrogens with zero attached hydrogens (tertiary/aromatic N) is 2. The molecule has 1 heterocycles. The van der Waals surface area contributed by atoms with Crippen molar-refractivity contribution >= 4 is 17.3 Å². The summed E-state index contributed by atoms with van der Waals surface area (Å²) >= 11 is 0. The number of amides is 1. The van der Waals surface area contributed by atoms with E-state index in [0.717, 1.165) is 44.8 Å². The standard InChI is InChI=1S/C25H33N3O/c1-4-18-7-9-19(10-8-18)15-27-16-22-23(17-27)24(22)25(29)26-20-11-13-21(14-12-20)28(5-2)6-3/h7-14,22-24H,4-6,15-17H2,1-3H3,(H,26,29). The van der Waals surface area contributed by atoms with Crippen molar-refractivity contribution in [3.05, 3.63) is 59.7 Å². The molecule has 0 bridgehead atoms. The van der Waals surface area contributed by atoms with Crippen LogP contribution in [0.25, 0.3) is 0 Å². The maximum Gasteiger partial charge on any atom is 0.228 e. The molecule has 2 aromatic carbocycles. The lowest BCUT2D eigenvalue weighted by Gasteiger charge is -2.21. The molecule has 0 radical (unpaired) electrons. The Labute approximate surface area is 174 Å². The van der Waals surface area contributed by atoms with E-state index in [-0.39, 0.29) is 11.8 Å². The third-order valence-corrected chi connectivity index (χ3v) is 6.67. The summed E-state index contributed by atoms with van der Waals surface area (Å²) in [7, 11) is 0. The molecule has 154 valence electrons. The third kappa shape index (κ3) is 4.32. The van der Waals surface area contributed by atoms with Gasteiger partial charge in [-0.2, -0.15) is 0 Å². The van der Waals surface area contributed by atoms with Crippen molar-refractivity contribution in [2.45, 2.75) is 33.7 Å². The van der Waals surface area contributed by atoms with Gasteiger partial charge in [0, 0.05) is 50.0 Å². The fraction of sp³-hybridized carbons (Fsp3) is 0.480. The average molecular weight is 392 g/mol. The highest BCUT2D eigenvalue weighted by atomic mass is 16.2. The number of anilines is 2. The van der Waals surface area contributed by atoms with Gasteiger partial charge in [0.1, 0.15) is 0 Å². The Balaban J connectivity index is 1.26. The second kappa shape index (κ2) is 8.58. The van der Waals surface area contributed by atoms with Gasteiger partial charge in [-0.05, 0) is 67.5 Å². The minimum atomic E-state index is 0.191. The van der Waals surface area contributed by atoms with E-state index in [4.69, 9.17) is 0 Å². The van der Waals surface area contributed by atoms with Crippen LogP contribution < -0.4 is 10.2 Å². The Morgan fingerprint density at radius 2 is 1.52 bits per heavy atom. The van der Waals surface area contributed by atoms with Gasteiger partial charge in [0.25, 0.3) is 0 Å². The molecule has 1 amide bonds. The van der Waals surface area contributed by atoms with Crippen molar-refractivity contribution in [1.29, 1.82) is 0 Å². The zero-order valence-corrected chi connectivity index (χ0v) is 17.9. The Morgan fingerprint density at radius 3 is 2.07 bits per heavy atom. The molecule has 1 N–H and O–H groups in total. The third-order valence-electron chi connectivity index (χ3n) is 6.67. The quantitative estimate of drug-likeness (QED) is 0.724. The van der Waals surface area contributed by atoms with Gasteiger partial charge in [0.15, 0.2) is 0 Å². The summed E-state index contributed by atoms with van der Waals surface area (Å²) in [4.78, 5) is 17.5. The first kappa shape index (κ1) is 20.0. The van der Waals surface area contributed by atoms with Crippen molar-refractivity contribution in [3.63, 3.8) is 0 Å². The number of nitrogens with one attached hydrogen (secondary N) is 1. The molecule has 29 heavy (non-hydrogen) atoms. The van der Waals surface area contributed by atoms with Crippen molar-refractivity contribution in [1.82, 2.24) is 4.90 Å². The van der Waals surface area contributed by atoms with E-state index in [1.54, 1.807) is 0 Å². The summed E-state index contributed by atoms with van der Waals surface area (Å²) in [6, 6.07) is 17.2. The van der Waals surface area contributed by atoms with E-state index in [2.05, 4.69) is 72.3 Å². The van der Waals surface area contributed by atoms with E-state index in [1.807, 2.05) is 12.1 Å². The van der Waals surface area contributed by atoms with Crippen LogP contribution in [-0.2, 0) is 17.8 Å². The van der Waals surface area contributed by atoms with Gasteiger partial charge in [-0.25, -0.2) is 0 Å². The number of aryl methyl sites for hydroxylation is 1. The Bertz CT molecular complexity index is 814. The van der Waals surface area contributed by atoms with E-state index in [9.17, 15) is 4.79 Å². The number of likely N-dealkylation sites (tertiary alicyclic amines) is 1. The topological polar surface area (TPSA) is 35.6 Å². The molecule has 0 aromatic heterocycles. The maximum absolute atomic E-state index is 12.7. The highest BCUT2D eigenvalue weighted by molar-refractivity contribution is 5.95. The monoisotopic (exact) mass is 391 g/mol. The minimum absolute atomic E-state index is 0.191. The SMILES string of the molecule is CCc1ccc(CN2CC3C(C2)C3C(=O)Nc2ccc(N(CC)CC)cc2)cc1. The fourth-order valence-corrected chi connectivity index (χ4v) is 4.84. The first-order valence-corrected chi connectivity index (χ1v) is 11.1. The number of carbonyl (C=O) groups excluding carboxylic acids is 1. The van der Waals surface area contributed by atoms with E-state index >= 15 is 0 Å². The Morgan fingerprint density at radius 1 is 0.931 bits per heavy atom. The molecular weight excluding hydrogens is 358 g/mol. The average Bonchev–Trinajstić information content (AvgIpc) is 3.26. The number of rotatable bonds is 8. The smallest absolute Gasteiger partial charge is 0.228 e. The molecule has 4 nitrogen and oxygen atoms in total. The highest BCUT2D eigenvalue weighted by Gasteiger charge is 2.59. The molecule has 2 atom stereocenters. The number of carbonyl (C=O) groups is 1. The van der Waals surface area contributed by atoms with Crippen molar-refractivity contribution < 1.29 is 4.79 Å². The minimum Gasteiger partial charge on any atom is -0.372 e. The molecule has 2 fully saturated rings. The van der Waals surface area contributed by atoms with Gasteiger partial charge in [0.2, 0.25) is 5.91 Å². The van der Waals surface area contributed by atoms with Gasteiger partial charge < -0.3 is 10.2 Å². The molecule has 1 aliphatic heterocycles. The van der Waals surface area contributed by atoms with Crippen LogP contribution in [0.4, 0.5) is 11.4 Å². The van der Waals surface area contributed by atoms with Crippen LogP contribution in [-0.4, -0.2) is 37.0 Å². The number of hydrogen-bond acceptors (Lipinski definition) is 3. The van der Waals surface area contributed by atoms with Crippen molar-refractivity contribution in [2.75, 3.05) is 36.4 Å². The van der Waals surface area contributed by atoms with Gasteiger partial charge in [-0.1, -0.05) is 31.2 Å². The molecule has 4 rings (SSSR count). The second-order valence-corrected chi connectivity index (χ2v) is 8.43. The van der Waals surface area contributed by atoms with Crippen LogP contribution in [0, 0.1) is 17.8 Å². The van der Waals surface area contributed by atoms with Gasteiger partial charge in [-0.3, -0.25) is 9.69 Å². The maximum atomic E-state index is 12.7. The normalized spacial score (nSPS) is 22.9. The lowest BCUT2D eigenvalue weighted by Crippen LogP contribution is -2.28. The lowest BCUT2D eigenvalue weighted by atomic mass is 10.1. The van der Waals surface area contributed by atoms with Crippen molar-refractivity contribution in [3.8, 4) is 0 Å². The summed E-state index contributed by atoms with van der Waals surface area (Å²) < 4.78 is 0. The Kier molecular flexibility index (Phi) is 5.91. The number of benzene rings is 2. The molecule has 1 saturated heterocycles. The molecule has 2 unspecified atom stereocenters. The Hall–Kier alpha value is -2.33. The molecular formula is C25H33N3O. The van der Waals surface area contributed by atoms with E-state index < -0.39 is 0 Å². The molecule has 2 aromatic rings. The number of fused-ring (bicyclic) bond motifs is 1. The fourth-order valence-electron chi connectivity index (χ4n) is 4.84. The van der Waals surface area contributed by atoms with Crippen LogP contribution in [0.5, 0.6) is 0 Å². The molecule has 0 spiro atoms. The lowest BCUT2D eigenvalue weighted by molar-refractivity contribution is -0.118. The predicted octanol–water partition coefficient (Wildman–Crippen LogP) is 4.41. The van der Waals surface area contributed by atoms with Crippen LogP contribution in [0.1, 0.15) is 31.9 Å². The zero-order chi connectivity index (χ0) is 20.4. The predicted molar refractivity (Wildman–Crippen MR) is 120 cm³/mol. The number of piperidine rings is 1. The van der Waals surface area contributed by atoms with Crippen LogP contribution >= 0.6 is 0 Å². The zero-order valence-electron chi connectivity index (χ0n) is 17.9. The summed E-state index contributed by atoms with van der Waals surface area (Å²) in [5.41, 5.74) is 4.88.